The molecule has 1 N–H and O–H groups in total. The molecule has 1 unspecified atom stereocenters. The number of allylic oxidation sites excluding steroid dienone is 3. The second-order valence-electron chi connectivity index (χ2n) is 5.88. The van der Waals surface area contributed by atoms with Crippen molar-refractivity contribution in [2.75, 3.05) is 0 Å². The molecule has 22 heavy (non-hydrogen) atoms. The lowest BCUT2D eigenvalue weighted by molar-refractivity contribution is -0.144. The highest BCUT2D eigenvalue weighted by molar-refractivity contribution is 6.49. The first-order valence-electron chi connectivity index (χ1n) is 7.69. The molecular formula is C17H21ClO4. The van der Waals surface area contributed by atoms with Crippen molar-refractivity contribution in [3.63, 3.8) is 0 Å². The molecule has 1 aliphatic carbocycles. The van der Waals surface area contributed by atoms with E-state index in [4.69, 9.17) is 16.3 Å². The van der Waals surface area contributed by atoms with Crippen molar-refractivity contribution in [3.8, 4) is 0 Å². The maximum atomic E-state index is 12.1. The number of hydrogen-bond acceptors (Lipinski definition) is 4. The number of ether oxygens (including phenoxy) is 1. The minimum absolute atomic E-state index is 0.109. The summed E-state index contributed by atoms with van der Waals surface area (Å²) in [6.45, 7) is 3.32. The first-order chi connectivity index (χ1) is 10.4. The molecule has 1 heterocycles. The molecule has 0 saturated carbocycles. The summed E-state index contributed by atoms with van der Waals surface area (Å²) in [6, 6.07) is 0. The largest absolute Gasteiger partial charge is 0.469 e. The molecule has 0 aromatic carbocycles. The van der Waals surface area contributed by atoms with Gasteiger partial charge in [0, 0.05) is 12.0 Å². The standard InChI is InChI=1S/C17H21ClO4/c1-3-4-5-6-7-8-11-9-12-13(10-22-11)15(19)17(2,21)16(20)14(12)18/h9-10,21H,3-8H2,1-2H3. The molecule has 0 amide bonds. The van der Waals surface area contributed by atoms with E-state index in [1.165, 1.54) is 25.5 Å². The number of hydrogen-bond donors (Lipinski definition) is 1. The number of fused-ring (bicyclic) bond motifs is 1. The fourth-order valence-corrected chi connectivity index (χ4v) is 2.90. The SMILES string of the molecule is CCCCCCCC1=CC2=C(Cl)C(=O)C(C)(O)C(=O)C2=CO1. The number of halogens is 1. The van der Waals surface area contributed by atoms with Crippen LogP contribution in [-0.2, 0) is 14.3 Å². The minimum atomic E-state index is -2.11. The van der Waals surface area contributed by atoms with Gasteiger partial charge < -0.3 is 9.84 Å². The van der Waals surface area contributed by atoms with Gasteiger partial charge in [0.25, 0.3) is 0 Å². The highest BCUT2D eigenvalue weighted by Gasteiger charge is 2.48. The molecule has 4 nitrogen and oxygen atoms in total. The smallest absolute Gasteiger partial charge is 0.214 e. The van der Waals surface area contributed by atoms with Crippen LogP contribution >= 0.6 is 11.6 Å². The Balaban J connectivity index is 2.12. The Morgan fingerprint density at radius 3 is 2.55 bits per heavy atom. The van der Waals surface area contributed by atoms with Gasteiger partial charge in [-0.3, -0.25) is 9.59 Å². The van der Waals surface area contributed by atoms with Crippen molar-refractivity contribution in [1.82, 2.24) is 0 Å². The molecule has 0 saturated heterocycles. The summed E-state index contributed by atoms with van der Waals surface area (Å²) in [5.74, 6) is -0.738. The summed E-state index contributed by atoms with van der Waals surface area (Å²) in [5.41, 5.74) is -1.59. The fraction of sp³-hybridized carbons (Fsp3) is 0.529. The zero-order valence-corrected chi connectivity index (χ0v) is 13.7. The highest BCUT2D eigenvalue weighted by Crippen LogP contribution is 2.37. The van der Waals surface area contributed by atoms with E-state index in [0.29, 0.717) is 11.3 Å². The Morgan fingerprint density at radius 2 is 1.86 bits per heavy atom. The van der Waals surface area contributed by atoms with Gasteiger partial charge in [-0.2, -0.15) is 0 Å². The summed E-state index contributed by atoms with van der Waals surface area (Å²) in [6.07, 6.45) is 9.37. The zero-order valence-electron chi connectivity index (χ0n) is 12.9. The third-order valence-electron chi connectivity index (χ3n) is 4.02. The van der Waals surface area contributed by atoms with Crippen LogP contribution in [0.2, 0.25) is 0 Å². The summed E-state index contributed by atoms with van der Waals surface area (Å²) < 4.78 is 5.46. The van der Waals surface area contributed by atoms with Crippen LogP contribution in [0.1, 0.15) is 52.4 Å². The number of Topliss-reactive ketones (excluding diaryl/α,β-unsaturated/α-hetero) is 2. The van der Waals surface area contributed by atoms with Crippen molar-refractivity contribution < 1.29 is 19.4 Å². The topological polar surface area (TPSA) is 63.6 Å². The van der Waals surface area contributed by atoms with Crippen LogP contribution in [0.4, 0.5) is 0 Å². The number of ketones is 2. The molecule has 0 aromatic rings. The van der Waals surface area contributed by atoms with Crippen molar-refractivity contribution in [2.24, 2.45) is 0 Å². The van der Waals surface area contributed by atoms with E-state index in [9.17, 15) is 14.7 Å². The Hall–Kier alpha value is -1.39. The van der Waals surface area contributed by atoms with Gasteiger partial charge in [-0.25, -0.2) is 0 Å². The molecule has 0 spiro atoms. The van der Waals surface area contributed by atoms with E-state index >= 15 is 0 Å². The second kappa shape index (κ2) is 6.80. The third-order valence-corrected chi connectivity index (χ3v) is 4.39. The predicted molar refractivity (Wildman–Crippen MR) is 84.1 cm³/mol. The van der Waals surface area contributed by atoms with E-state index in [1.807, 2.05) is 0 Å². The Labute approximate surface area is 135 Å². The molecule has 5 heteroatoms. The van der Waals surface area contributed by atoms with Crippen molar-refractivity contribution >= 4 is 23.2 Å². The first kappa shape index (κ1) is 17.0. The third kappa shape index (κ3) is 3.18. The molecular weight excluding hydrogens is 304 g/mol. The Morgan fingerprint density at radius 1 is 1.18 bits per heavy atom. The molecule has 0 radical (unpaired) electrons. The summed E-state index contributed by atoms with van der Waals surface area (Å²) in [4.78, 5) is 24.1. The molecule has 2 aliphatic rings. The molecule has 2 rings (SSSR count). The summed E-state index contributed by atoms with van der Waals surface area (Å²) in [7, 11) is 0. The van der Waals surface area contributed by atoms with Gasteiger partial charge in [-0.1, -0.05) is 44.2 Å². The van der Waals surface area contributed by atoms with Gasteiger partial charge in [0.2, 0.25) is 11.6 Å². The number of carbonyl (C=O) groups excluding carboxylic acids is 2. The monoisotopic (exact) mass is 324 g/mol. The minimum Gasteiger partial charge on any atom is -0.469 e. The van der Waals surface area contributed by atoms with E-state index in [0.717, 1.165) is 26.2 Å². The fourth-order valence-electron chi connectivity index (χ4n) is 2.56. The van der Waals surface area contributed by atoms with Gasteiger partial charge >= 0.3 is 0 Å². The van der Waals surface area contributed by atoms with E-state index in [1.54, 1.807) is 6.08 Å². The summed E-state index contributed by atoms with van der Waals surface area (Å²) >= 11 is 6.04. The van der Waals surface area contributed by atoms with Gasteiger partial charge in [-0.05, 0) is 19.4 Å². The molecule has 0 fully saturated rings. The Kier molecular flexibility index (Phi) is 5.24. The zero-order chi connectivity index (χ0) is 16.3. The maximum Gasteiger partial charge on any atom is 0.214 e. The van der Waals surface area contributed by atoms with Gasteiger partial charge in [-0.15, -0.1) is 0 Å². The number of rotatable bonds is 6. The van der Waals surface area contributed by atoms with Crippen LogP contribution in [0.25, 0.3) is 0 Å². The molecule has 120 valence electrons. The van der Waals surface area contributed by atoms with Crippen LogP contribution in [0.3, 0.4) is 0 Å². The van der Waals surface area contributed by atoms with Crippen LogP contribution in [0.5, 0.6) is 0 Å². The first-order valence-corrected chi connectivity index (χ1v) is 8.07. The van der Waals surface area contributed by atoms with Crippen molar-refractivity contribution in [1.29, 1.82) is 0 Å². The highest BCUT2D eigenvalue weighted by atomic mass is 35.5. The van der Waals surface area contributed by atoms with Crippen LogP contribution < -0.4 is 0 Å². The van der Waals surface area contributed by atoms with Crippen LogP contribution in [-0.4, -0.2) is 22.3 Å². The quantitative estimate of drug-likeness (QED) is 0.599. The van der Waals surface area contributed by atoms with Gasteiger partial charge in [0.1, 0.15) is 12.0 Å². The van der Waals surface area contributed by atoms with E-state index in [2.05, 4.69) is 6.92 Å². The molecule has 0 aromatic heterocycles. The maximum absolute atomic E-state index is 12.1. The average molecular weight is 325 g/mol. The number of unbranched alkanes of at least 4 members (excludes halogenated alkanes) is 4. The van der Waals surface area contributed by atoms with Crippen LogP contribution in [0, 0.1) is 0 Å². The average Bonchev–Trinajstić information content (AvgIpc) is 2.51. The van der Waals surface area contributed by atoms with Crippen molar-refractivity contribution in [2.45, 2.75) is 58.0 Å². The number of carbonyl (C=O) groups is 2. The lowest BCUT2D eigenvalue weighted by atomic mass is 9.80. The second-order valence-corrected chi connectivity index (χ2v) is 6.26. The normalized spacial score (nSPS) is 24.7. The van der Waals surface area contributed by atoms with E-state index in [-0.39, 0.29) is 10.6 Å². The van der Waals surface area contributed by atoms with E-state index < -0.39 is 17.2 Å². The number of aliphatic hydroxyl groups is 1. The van der Waals surface area contributed by atoms with Gasteiger partial charge in [0.15, 0.2) is 5.60 Å². The molecule has 1 atom stereocenters. The Bertz CT molecular complexity index is 581. The van der Waals surface area contributed by atoms with Crippen molar-refractivity contribution in [3.05, 3.63) is 34.3 Å². The lowest BCUT2D eigenvalue weighted by Gasteiger charge is -2.29. The lowest BCUT2D eigenvalue weighted by Crippen LogP contribution is -2.48. The molecule has 1 aliphatic heterocycles. The van der Waals surface area contributed by atoms with Gasteiger partial charge in [0.05, 0.1) is 10.6 Å². The predicted octanol–water partition coefficient (Wildman–Crippen LogP) is 3.54. The summed E-state index contributed by atoms with van der Waals surface area (Å²) in [5, 5.41) is 9.87. The molecule has 0 bridgehead atoms. The van der Waals surface area contributed by atoms with Crippen LogP contribution in [0.15, 0.2) is 34.3 Å².